The van der Waals surface area contributed by atoms with Crippen LogP contribution in [0.15, 0.2) is 54.7 Å². The summed E-state index contributed by atoms with van der Waals surface area (Å²) in [4.78, 5) is 35.6. The van der Waals surface area contributed by atoms with Crippen molar-refractivity contribution in [3.05, 3.63) is 71.4 Å². The van der Waals surface area contributed by atoms with Crippen LogP contribution in [0.2, 0.25) is 0 Å². The highest BCUT2D eigenvalue weighted by Gasteiger charge is 2.25. The number of aromatic nitrogens is 1. The van der Waals surface area contributed by atoms with Gasteiger partial charge in [0.2, 0.25) is 0 Å². The van der Waals surface area contributed by atoms with Gasteiger partial charge in [0.1, 0.15) is 0 Å². The van der Waals surface area contributed by atoms with Crippen molar-refractivity contribution in [1.29, 1.82) is 0 Å². The Morgan fingerprint density at radius 2 is 1.84 bits per heavy atom. The molecule has 7 nitrogen and oxygen atoms in total. The van der Waals surface area contributed by atoms with Crippen molar-refractivity contribution in [2.45, 2.75) is 13.5 Å². The van der Waals surface area contributed by atoms with Gasteiger partial charge in [-0.15, -0.1) is 0 Å². The largest absolute Gasteiger partial charge is 0.336 e. The number of nitrogens with one attached hydrogen (secondary N) is 1. The van der Waals surface area contributed by atoms with Crippen LogP contribution in [-0.4, -0.2) is 66.0 Å². The molecular weight excluding hydrogens is 402 g/mol. The van der Waals surface area contributed by atoms with Gasteiger partial charge in [0.15, 0.2) is 0 Å². The molecule has 3 heterocycles. The topological polar surface area (TPSA) is 68.8 Å². The molecule has 0 unspecified atom stereocenters. The number of nitrogens with zero attached hydrogens (tertiary/aromatic N) is 4. The number of piperazine rings is 1. The second-order valence-electron chi connectivity index (χ2n) is 8.45. The van der Waals surface area contributed by atoms with Gasteiger partial charge in [-0.05, 0) is 42.3 Å². The summed E-state index contributed by atoms with van der Waals surface area (Å²) in [6.45, 7) is 7.16. The van der Waals surface area contributed by atoms with Crippen molar-refractivity contribution >= 4 is 28.5 Å². The molecular formula is C25H27N5O2. The minimum absolute atomic E-state index is 0.0528. The first kappa shape index (κ1) is 20.5. The lowest BCUT2D eigenvalue weighted by Crippen LogP contribution is -2.48. The molecule has 0 aliphatic carbocycles. The Bertz CT molecular complexity index is 1160. The van der Waals surface area contributed by atoms with E-state index >= 15 is 0 Å². The van der Waals surface area contributed by atoms with Gasteiger partial charge in [-0.2, -0.15) is 0 Å². The molecule has 0 spiro atoms. The first-order chi connectivity index (χ1) is 15.6. The van der Waals surface area contributed by atoms with Crippen molar-refractivity contribution in [1.82, 2.24) is 20.1 Å². The quantitative estimate of drug-likeness (QED) is 0.692. The predicted molar refractivity (Wildman–Crippen MR) is 125 cm³/mol. The van der Waals surface area contributed by atoms with Crippen LogP contribution in [0.1, 0.15) is 21.5 Å². The van der Waals surface area contributed by atoms with Gasteiger partial charge in [0.25, 0.3) is 5.91 Å². The number of fused-ring (bicyclic) bond motifs is 1. The molecule has 1 aromatic heterocycles. The highest BCUT2D eigenvalue weighted by atomic mass is 16.2. The standard InChI is InChI=1S/C25H27N5O2/c1-18-16-20(7-8-22(18)30-11-10-27-25(30)32)24(31)29-14-12-28(13-15-29)17-21-5-2-4-19-6-3-9-26-23(19)21/h2-9,16H,10-15,17H2,1H3,(H,27,32). The highest BCUT2D eigenvalue weighted by Crippen LogP contribution is 2.24. The molecule has 0 bridgehead atoms. The lowest BCUT2D eigenvalue weighted by Gasteiger charge is -2.35. The number of aryl methyl sites for hydroxylation is 1. The van der Waals surface area contributed by atoms with E-state index in [1.54, 1.807) is 4.90 Å². The van der Waals surface area contributed by atoms with Crippen LogP contribution in [0, 0.1) is 6.92 Å². The first-order valence-electron chi connectivity index (χ1n) is 11.1. The maximum absolute atomic E-state index is 13.1. The molecule has 7 heteroatoms. The van der Waals surface area contributed by atoms with Crippen LogP contribution in [0.5, 0.6) is 0 Å². The fourth-order valence-corrected chi connectivity index (χ4v) is 4.62. The molecule has 2 aliphatic heterocycles. The number of carbonyl (C=O) groups is 2. The van der Waals surface area contributed by atoms with Crippen LogP contribution in [0.3, 0.4) is 0 Å². The zero-order valence-electron chi connectivity index (χ0n) is 18.3. The molecule has 2 aliphatic rings. The molecule has 0 saturated carbocycles. The number of para-hydroxylation sites is 1. The number of amides is 3. The minimum Gasteiger partial charge on any atom is -0.336 e. The number of pyridine rings is 1. The van der Waals surface area contributed by atoms with Crippen LogP contribution < -0.4 is 10.2 Å². The van der Waals surface area contributed by atoms with Crippen molar-refractivity contribution in [2.75, 3.05) is 44.2 Å². The number of rotatable bonds is 4. The Kier molecular flexibility index (Phi) is 5.49. The monoisotopic (exact) mass is 429 g/mol. The van der Waals surface area contributed by atoms with Crippen LogP contribution in [-0.2, 0) is 6.54 Å². The third kappa shape index (κ3) is 3.91. The Balaban J connectivity index is 1.23. The summed E-state index contributed by atoms with van der Waals surface area (Å²) in [6, 6.07) is 15.9. The maximum atomic E-state index is 13.1. The van der Waals surface area contributed by atoms with E-state index in [4.69, 9.17) is 0 Å². The van der Waals surface area contributed by atoms with Crippen molar-refractivity contribution in [3.63, 3.8) is 0 Å². The zero-order chi connectivity index (χ0) is 22.1. The first-order valence-corrected chi connectivity index (χ1v) is 11.1. The van der Waals surface area contributed by atoms with Gasteiger partial charge in [-0.1, -0.05) is 24.3 Å². The molecule has 1 N–H and O–H groups in total. The highest BCUT2D eigenvalue weighted by molar-refractivity contribution is 5.98. The van der Waals surface area contributed by atoms with Crippen LogP contribution >= 0.6 is 0 Å². The molecule has 3 aromatic rings. The fraction of sp³-hybridized carbons (Fsp3) is 0.320. The van der Waals surface area contributed by atoms with Gasteiger partial charge in [-0.3, -0.25) is 19.6 Å². The van der Waals surface area contributed by atoms with Crippen molar-refractivity contribution in [2.24, 2.45) is 0 Å². The Morgan fingerprint density at radius 3 is 2.59 bits per heavy atom. The summed E-state index contributed by atoms with van der Waals surface area (Å²) in [7, 11) is 0. The lowest BCUT2D eigenvalue weighted by atomic mass is 10.1. The van der Waals surface area contributed by atoms with E-state index in [0.717, 1.165) is 41.8 Å². The minimum atomic E-state index is -0.0790. The van der Waals surface area contributed by atoms with E-state index in [1.165, 1.54) is 5.56 Å². The second kappa shape index (κ2) is 8.59. The fourth-order valence-electron chi connectivity index (χ4n) is 4.62. The Hall–Kier alpha value is -3.45. The smallest absolute Gasteiger partial charge is 0.322 e. The summed E-state index contributed by atoms with van der Waals surface area (Å²) in [5.41, 5.74) is 4.76. The number of anilines is 1. The van der Waals surface area contributed by atoms with Crippen molar-refractivity contribution < 1.29 is 9.59 Å². The normalized spacial score (nSPS) is 17.1. The molecule has 164 valence electrons. The second-order valence-corrected chi connectivity index (χ2v) is 8.45. The number of hydrogen-bond donors (Lipinski definition) is 1. The summed E-state index contributed by atoms with van der Waals surface area (Å²) < 4.78 is 0. The maximum Gasteiger partial charge on any atom is 0.322 e. The Labute approximate surface area is 187 Å². The predicted octanol–water partition coefficient (Wildman–Crippen LogP) is 3.03. The van der Waals surface area contributed by atoms with E-state index in [1.807, 2.05) is 42.3 Å². The van der Waals surface area contributed by atoms with E-state index in [-0.39, 0.29) is 11.9 Å². The van der Waals surface area contributed by atoms with Crippen LogP contribution in [0.4, 0.5) is 10.5 Å². The van der Waals surface area contributed by atoms with E-state index in [0.29, 0.717) is 31.7 Å². The van der Waals surface area contributed by atoms with E-state index in [2.05, 4.69) is 39.5 Å². The summed E-state index contributed by atoms with van der Waals surface area (Å²) >= 11 is 0. The summed E-state index contributed by atoms with van der Waals surface area (Å²) in [5.74, 6) is 0.0528. The zero-order valence-corrected chi connectivity index (χ0v) is 18.3. The molecule has 0 radical (unpaired) electrons. The Morgan fingerprint density at radius 1 is 1.03 bits per heavy atom. The van der Waals surface area contributed by atoms with Crippen LogP contribution in [0.25, 0.3) is 10.9 Å². The molecule has 2 saturated heterocycles. The van der Waals surface area contributed by atoms with Gasteiger partial charge in [0.05, 0.1) is 5.52 Å². The van der Waals surface area contributed by atoms with Gasteiger partial charge in [-0.25, -0.2) is 4.79 Å². The SMILES string of the molecule is Cc1cc(C(=O)N2CCN(Cc3cccc4cccnc34)CC2)ccc1N1CCNC1=O. The molecule has 2 aromatic carbocycles. The number of hydrogen-bond acceptors (Lipinski definition) is 4. The molecule has 3 amide bonds. The van der Waals surface area contributed by atoms with E-state index < -0.39 is 0 Å². The van der Waals surface area contributed by atoms with Gasteiger partial charge >= 0.3 is 6.03 Å². The van der Waals surface area contributed by atoms with Crippen molar-refractivity contribution in [3.8, 4) is 0 Å². The van der Waals surface area contributed by atoms with Gasteiger partial charge in [0, 0.05) is 68.6 Å². The number of benzene rings is 2. The summed E-state index contributed by atoms with van der Waals surface area (Å²) in [6.07, 6.45) is 1.84. The number of urea groups is 1. The third-order valence-corrected chi connectivity index (χ3v) is 6.36. The molecule has 32 heavy (non-hydrogen) atoms. The lowest BCUT2D eigenvalue weighted by molar-refractivity contribution is 0.0629. The van der Waals surface area contributed by atoms with E-state index in [9.17, 15) is 9.59 Å². The number of carbonyl (C=O) groups excluding carboxylic acids is 2. The average Bonchev–Trinajstić information content (AvgIpc) is 3.25. The summed E-state index contributed by atoms with van der Waals surface area (Å²) in [5, 5.41) is 3.98. The third-order valence-electron chi connectivity index (χ3n) is 6.36. The average molecular weight is 430 g/mol. The molecule has 5 rings (SSSR count). The molecule has 2 fully saturated rings. The molecule has 0 atom stereocenters. The van der Waals surface area contributed by atoms with Gasteiger partial charge < -0.3 is 10.2 Å².